The third-order valence-electron chi connectivity index (χ3n) is 3.71. The van der Waals surface area contributed by atoms with Crippen LogP contribution < -0.4 is 5.73 Å². The van der Waals surface area contributed by atoms with Gasteiger partial charge in [-0.15, -0.1) is 0 Å². The topological polar surface area (TPSA) is 38.9 Å². The Bertz CT molecular complexity index is 692. The van der Waals surface area contributed by atoms with Gasteiger partial charge in [0.2, 0.25) is 0 Å². The van der Waals surface area contributed by atoms with Gasteiger partial charge in [0.1, 0.15) is 0 Å². The van der Waals surface area contributed by atoms with Crippen molar-refractivity contribution >= 4 is 10.9 Å². The van der Waals surface area contributed by atoms with E-state index in [4.69, 9.17) is 5.73 Å². The molecule has 20 heavy (non-hydrogen) atoms. The molecule has 2 heteroatoms. The summed E-state index contributed by atoms with van der Waals surface area (Å²) in [5.41, 5.74) is 9.59. The van der Waals surface area contributed by atoms with Crippen molar-refractivity contribution in [2.75, 3.05) is 6.54 Å². The van der Waals surface area contributed by atoms with Gasteiger partial charge in [-0.1, -0.05) is 48.5 Å². The molecule has 0 amide bonds. The van der Waals surface area contributed by atoms with Crippen LogP contribution in [0.2, 0.25) is 0 Å². The van der Waals surface area contributed by atoms with Crippen molar-refractivity contribution in [3.05, 3.63) is 78.0 Å². The fourth-order valence-electron chi connectivity index (χ4n) is 2.59. The number of pyridine rings is 1. The predicted octanol–water partition coefficient (Wildman–Crippen LogP) is 3.52. The lowest BCUT2D eigenvalue weighted by Gasteiger charge is -2.15. The Balaban J connectivity index is 1.87. The van der Waals surface area contributed by atoms with Crippen molar-refractivity contribution in [2.24, 2.45) is 5.73 Å². The van der Waals surface area contributed by atoms with Crippen molar-refractivity contribution < 1.29 is 0 Å². The van der Waals surface area contributed by atoms with Crippen molar-refractivity contribution in [1.29, 1.82) is 0 Å². The van der Waals surface area contributed by atoms with E-state index >= 15 is 0 Å². The summed E-state index contributed by atoms with van der Waals surface area (Å²) < 4.78 is 0. The number of benzene rings is 2. The molecule has 0 saturated heterocycles. The maximum Gasteiger partial charge on any atom is 0.0704 e. The first-order chi connectivity index (χ1) is 9.86. The summed E-state index contributed by atoms with van der Waals surface area (Å²) in [5.74, 6) is 0.359. The van der Waals surface area contributed by atoms with Crippen LogP contribution in [0.25, 0.3) is 10.9 Å². The highest BCUT2D eigenvalue weighted by Gasteiger charge is 2.10. The SMILES string of the molecule is NCC(Cc1ccc2cccnc2c1)c1ccccc1. The van der Waals surface area contributed by atoms with Gasteiger partial charge in [-0.3, -0.25) is 4.98 Å². The quantitative estimate of drug-likeness (QED) is 0.781. The third-order valence-corrected chi connectivity index (χ3v) is 3.71. The van der Waals surface area contributed by atoms with Gasteiger partial charge in [0.15, 0.2) is 0 Å². The molecular weight excluding hydrogens is 244 g/mol. The average Bonchev–Trinajstić information content (AvgIpc) is 2.53. The maximum atomic E-state index is 5.95. The summed E-state index contributed by atoms with van der Waals surface area (Å²) in [6, 6.07) is 21.0. The summed E-state index contributed by atoms with van der Waals surface area (Å²) in [5, 5.41) is 1.18. The van der Waals surface area contributed by atoms with Crippen LogP contribution in [0, 0.1) is 0 Å². The predicted molar refractivity (Wildman–Crippen MR) is 83.7 cm³/mol. The molecule has 3 aromatic rings. The Labute approximate surface area is 119 Å². The zero-order valence-electron chi connectivity index (χ0n) is 11.4. The molecule has 1 heterocycles. The fraction of sp³-hybridized carbons (Fsp3) is 0.167. The molecule has 3 rings (SSSR count). The van der Waals surface area contributed by atoms with E-state index in [1.54, 1.807) is 0 Å². The molecule has 0 aliphatic rings. The standard InChI is InChI=1S/C18H18N2/c19-13-17(15-5-2-1-3-6-15)11-14-8-9-16-7-4-10-20-18(16)12-14/h1-10,12,17H,11,13,19H2. The second-order valence-electron chi connectivity index (χ2n) is 5.08. The largest absolute Gasteiger partial charge is 0.330 e. The third kappa shape index (κ3) is 2.70. The Kier molecular flexibility index (Phi) is 3.75. The van der Waals surface area contributed by atoms with E-state index in [-0.39, 0.29) is 0 Å². The van der Waals surface area contributed by atoms with Gasteiger partial charge in [-0.25, -0.2) is 0 Å². The Hall–Kier alpha value is -2.19. The molecule has 0 spiro atoms. The zero-order valence-corrected chi connectivity index (χ0v) is 11.4. The van der Waals surface area contributed by atoms with Gasteiger partial charge >= 0.3 is 0 Å². The van der Waals surface area contributed by atoms with Crippen molar-refractivity contribution in [1.82, 2.24) is 4.98 Å². The Morgan fingerprint density at radius 3 is 2.60 bits per heavy atom. The molecule has 0 radical (unpaired) electrons. The summed E-state index contributed by atoms with van der Waals surface area (Å²) >= 11 is 0. The Morgan fingerprint density at radius 1 is 0.950 bits per heavy atom. The number of rotatable bonds is 4. The van der Waals surface area contributed by atoms with Gasteiger partial charge in [-0.05, 0) is 36.2 Å². The smallest absolute Gasteiger partial charge is 0.0704 e. The van der Waals surface area contributed by atoms with Crippen LogP contribution in [-0.2, 0) is 6.42 Å². The van der Waals surface area contributed by atoms with Gasteiger partial charge in [0, 0.05) is 17.5 Å². The van der Waals surface area contributed by atoms with Crippen LogP contribution >= 0.6 is 0 Å². The molecule has 2 aromatic carbocycles. The lowest BCUT2D eigenvalue weighted by Crippen LogP contribution is -2.15. The highest BCUT2D eigenvalue weighted by atomic mass is 14.6. The van der Waals surface area contributed by atoms with Crippen LogP contribution in [0.5, 0.6) is 0 Å². The second-order valence-corrected chi connectivity index (χ2v) is 5.08. The highest BCUT2D eigenvalue weighted by molar-refractivity contribution is 5.78. The molecule has 100 valence electrons. The monoisotopic (exact) mass is 262 g/mol. The van der Waals surface area contributed by atoms with Crippen molar-refractivity contribution in [3.63, 3.8) is 0 Å². The summed E-state index contributed by atoms with van der Waals surface area (Å²) in [6.45, 7) is 0.657. The Morgan fingerprint density at radius 2 is 1.80 bits per heavy atom. The van der Waals surface area contributed by atoms with Crippen LogP contribution in [0.1, 0.15) is 17.0 Å². The summed E-state index contributed by atoms with van der Waals surface area (Å²) in [7, 11) is 0. The normalized spacial score (nSPS) is 12.4. The van der Waals surface area contributed by atoms with E-state index in [0.717, 1.165) is 11.9 Å². The van der Waals surface area contributed by atoms with Crippen LogP contribution in [0.15, 0.2) is 66.9 Å². The molecule has 1 aromatic heterocycles. The molecule has 1 unspecified atom stereocenters. The number of hydrogen-bond acceptors (Lipinski definition) is 2. The number of nitrogens with two attached hydrogens (primary N) is 1. The minimum absolute atomic E-state index is 0.359. The summed E-state index contributed by atoms with van der Waals surface area (Å²) in [6.07, 6.45) is 2.79. The molecule has 0 saturated carbocycles. The van der Waals surface area contributed by atoms with Crippen LogP contribution in [0.4, 0.5) is 0 Å². The molecule has 0 bridgehead atoms. The van der Waals surface area contributed by atoms with Gasteiger partial charge in [-0.2, -0.15) is 0 Å². The molecule has 2 nitrogen and oxygen atoms in total. The molecular formula is C18H18N2. The van der Waals surface area contributed by atoms with Crippen molar-refractivity contribution in [3.8, 4) is 0 Å². The number of hydrogen-bond donors (Lipinski definition) is 1. The lowest BCUT2D eigenvalue weighted by atomic mass is 9.92. The number of aromatic nitrogens is 1. The molecule has 0 aliphatic heterocycles. The molecule has 0 aliphatic carbocycles. The minimum Gasteiger partial charge on any atom is -0.330 e. The molecule has 0 fully saturated rings. The van der Waals surface area contributed by atoms with E-state index in [1.807, 2.05) is 18.3 Å². The first-order valence-corrected chi connectivity index (χ1v) is 6.95. The van der Waals surface area contributed by atoms with E-state index in [2.05, 4.69) is 53.5 Å². The van der Waals surface area contributed by atoms with E-state index < -0.39 is 0 Å². The molecule has 1 atom stereocenters. The number of fused-ring (bicyclic) bond motifs is 1. The first kappa shape index (κ1) is 12.8. The number of nitrogens with zero attached hydrogens (tertiary/aromatic N) is 1. The molecule has 2 N–H and O–H groups in total. The van der Waals surface area contributed by atoms with E-state index in [9.17, 15) is 0 Å². The highest BCUT2D eigenvalue weighted by Crippen LogP contribution is 2.22. The second kappa shape index (κ2) is 5.85. The van der Waals surface area contributed by atoms with Gasteiger partial charge < -0.3 is 5.73 Å². The van der Waals surface area contributed by atoms with Gasteiger partial charge in [0.25, 0.3) is 0 Å². The lowest BCUT2D eigenvalue weighted by molar-refractivity contribution is 0.695. The first-order valence-electron chi connectivity index (χ1n) is 6.95. The zero-order chi connectivity index (χ0) is 13.8. The maximum absolute atomic E-state index is 5.95. The average molecular weight is 262 g/mol. The minimum atomic E-state index is 0.359. The van der Waals surface area contributed by atoms with Crippen molar-refractivity contribution in [2.45, 2.75) is 12.3 Å². The van der Waals surface area contributed by atoms with E-state index in [1.165, 1.54) is 16.5 Å². The van der Waals surface area contributed by atoms with Gasteiger partial charge in [0.05, 0.1) is 5.52 Å². The fourth-order valence-corrected chi connectivity index (χ4v) is 2.59. The van der Waals surface area contributed by atoms with Crippen LogP contribution in [0.3, 0.4) is 0 Å². The summed E-state index contributed by atoms with van der Waals surface area (Å²) in [4.78, 5) is 4.42. The van der Waals surface area contributed by atoms with Crippen LogP contribution in [-0.4, -0.2) is 11.5 Å². The van der Waals surface area contributed by atoms with E-state index in [0.29, 0.717) is 12.5 Å².